The molecule has 4 rings (SSSR count). The van der Waals surface area contributed by atoms with Crippen LogP contribution in [0.25, 0.3) is 0 Å². The van der Waals surface area contributed by atoms with Gasteiger partial charge in [-0.25, -0.2) is 0 Å². The Labute approximate surface area is 170 Å². The lowest BCUT2D eigenvalue weighted by Crippen LogP contribution is -2.41. The molecular formula is C21H30N4O2S. The molecule has 2 aliphatic heterocycles. The Morgan fingerprint density at radius 2 is 2.11 bits per heavy atom. The first-order valence-electron chi connectivity index (χ1n) is 10.3. The third-order valence-corrected chi connectivity index (χ3v) is 7.17. The van der Waals surface area contributed by atoms with Gasteiger partial charge in [-0.1, -0.05) is 5.16 Å². The van der Waals surface area contributed by atoms with Crippen LogP contribution < -0.4 is 5.32 Å². The number of amides is 1. The average molecular weight is 403 g/mol. The topological polar surface area (TPSA) is 61.6 Å². The van der Waals surface area contributed by atoms with E-state index in [2.05, 4.69) is 27.2 Å². The number of rotatable bonds is 6. The maximum absolute atomic E-state index is 12.8. The molecule has 2 aliphatic rings. The molecule has 0 unspecified atom stereocenters. The van der Waals surface area contributed by atoms with Crippen molar-refractivity contribution in [2.75, 3.05) is 26.2 Å². The summed E-state index contributed by atoms with van der Waals surface area (Å²) in [5.41, 5.74) is 4.28. The Balaban J connectivity index is 1.36. The van der Waals surface area contributed by atoms with Crippen LogP contribution in [0.3, 0.4) is 0 Å². The van der Waals surface area contributed by atoms with Gasteiger partial charge in [-0.15, -0.1) is 11.3 Å². The summed E-state index contributed by atoms with van der Waals surface area (Å²) >= 11 is 1.71. The molecular weight excluding hydrogens is 372 g/mol. The summed E-state index contributed by atoms with van der Waals surface area (Å²) in [6, 6.07) is 0.409. The van der Waals surface area contributed by atoms with Crippen molar-refractivity contribution in [2.45, 2.75) is 59.2 Å². The third kappa shape index (κ3) is 4.02. The molecule has 28 heavy (non-hydrogen) atoms. The van der Waals surface area contributed by atoms with Crippen molar-refractivity contribution >= 4 is 17.2 Å². The van der Waals surface area contributed by atoms with Crippen molar-refractivity contribution in [3.63, 3.8) is 0 Å². The zero-order valence-electron chi connectivity index (χ0n) is 17.1. The molecule has 6 nitrogen and oxygen atoms in total. The van der Waals surface area contributed by atoms with Crippen molar-refractivity contribution in [3.05, 3.63) is 38.4 Å². The number of hydrogen-bond donors (Lipinski definition) is 1. The number of nitrogens with zero attached hydrogens (tertiary/aromatic N) is 3. The van der Waals surface area contributed by atoms with E-state index in [0.717, 1.165) is 62.7 Å². The van der Waals surface area contributed by atoms with E-state index in [9.17, 15) is 4.79 Å². The minimum Gasteiger partial charge on any atom is -0.361 e. The van der Waals surface area contributed by atoms with Crippen molar-refractivity contribution in [3.8, 4) is 0 Å². The Morgan fingerprint density at radius 1 is 1.32 bits per heavy atom. The van der Waals surface area contributed by atoms with Gasteiger partial charge in [-0.3, -0.25) is 14.6 Å². The number of thiophene rings is 1. The third-order valence-electron chi connectivity index (χ3n) is 6.16. The summed E-state index contributed by atoms with van der Waals surface area (Å²) < 4.78 is 5.29. The fourth-order valence-corrected chi connectivity index (χ4v) is 5.43. The first kappa shape index (κ1) is 19.6. The Bertz CT molecular complexity index is 818. The number of likely N-dealkylation sites (tertiary alicyclic amines) is 1. The van der Waals surface area contributed by atoms with Crippen LogP contribution in [-0.4, -0.2) is 53.1 Å². The van der Waals surface area contributed by atoms with Gasteiger partial charge in [0.25, 0.3) is 5.91 Å². The van der Waals surface area contributed by atoms with E-state index in [1.54, 1.807) is 11.3 Å². The van der Waals surface area contributed by atoms with Gasteiger partial charge in [0.2, 0.25) is 0 Å². The predicted octanol–water partition coefficient (Wildman–Crippen LogP) is 3.13. The summed E-state index contributed by atoms with van der Waals surface area (Å²) in [6.07, 6.45) is 3.48. The molecule has 152 valence electrons. The summed E-state index contributed by atoms with van der Waals surface area (Å²) in [7, 11) is 0. The second kappa shape index (κ2) is 8.35. The van der Waals surface area contributed by atoms with Gasteiger partial charge in [-0.05, 0) is 58.7 Å². The molecule has 2 aromatic heterocycles. The first-order valence-corrected chi connectivity index (χ1v) is 11.2. The minimum atomic E-state index is 0.0859. The Morgan fingerprint density at radius 3 is 2.82 bits per heavy atom. The normalized spacial score (nSPS) is 19.0. The molecule has 0 bridgehead atoms. The van der Waals surface area contributed by atoms with Gasteiger partial charge in [0.05, 0.1) is 11.3 Å². The van der Waals surface area contributed by atoms with Gasteiger partial charge >= 0.3 is 0 Å². The summed E-state index contributed by atoms with van der Waals surface area (Å²) in [4.78, 5) is 19.0. The van der Waals surface area contributed by atoms with Gasteiger partial charge in [-0.2, -0.15) is 0 Å². The molecule has 1 N–H and O–H groups in total. The highest BCUT2D eigenvalue weighted by atomic mass is 32.1. The second-order valence-electron chi connectivity index (χ2n) is 8.12. The van der Waals surface area contributed by atoms with Crippen molar-refractivity contribution in [2.24, 2.45) is 0 Å². The number of aryl methyl sites for hydroxylation is 2. The van der Waals surface area contributed by atoms with E-state index in [1.807, 2.05) is 19.2 Å². The van der Waals surface area contributed by atoms with Crippen LogP contribution in [0.4, 0.5) is 0 Å². The number of aromatic nitrogens is 1. The van der Waals surface area contributed by atoms with Crippen molar-refractivity contribution < 1.29 is 9.32 Å². The quantitative estimate of drug-likeness (QED) is 0.804. The van der Waals surface area contributed by atoms with E-state index < -0.39 is 0 Å². The Kier molecular flexibility index (Phi) is 5.85. The molecule has 1 atom stereocenters. The van der Waals surface area contributed by atoms with E-state index >= 15 is 0 Å². The van der Waals surface area contributed by atoms with Crippen LogP contribution in [0, 0.1) is 13.8 Å². The van der Waals surface area contributed by atoms with Crippen LogP contribution in [0.1, 0.15) is 57.6 Å². The largest absolute Gasteiger partial charge is 0.361 e. The minimum absolute atomic E-state index is 0.0859. The molecule has 0 aliphatic carbocycles. The van der Waals surface area contributed by atoms with Crippen LogP contribution >= 0.6 is 11.3 Å². The highest BCUT2D eigenvalue weighted by molar-refractivity contribution is 7.10. The SMILES string of the molecule is Cc1noc(C)c1CN1CCc2c(C(=O)NC[C@@H](C)N3CCCC3)csc2C1. The number of fused-ring (bicyclic) bond motifs is 1. The monoisotopic (exact) mass is 402 g/mol. The molecule has 1 amide bonds. The lowest BCUT2D eigenvalue weighted by Gasteiger charge is -2.27. The zero-order chi connectivity index (χ0) is 19.7. The fourth-order valence-electron chi connectivity index (χ4n) is 4.31. The second-order valence-corrected chi connectivity index (χ2v) is 9.08. The number of carbonyl (C=O) groups excluding carboxylic acids is 1. The molecule has 2 aromatic rings. The summed E-state index contributed by atoms with van der Waals surface area (Å²) in [6.45, 7) is 11.9. The maximum atomic E-state index is 12.8. The number of nitrogens with one attached hydrogen (secondary N) is 1. The van der Waals surface area contributed by atoms with E-state index in [4.69, 9.17) is 4.52 Å². The molecule has 0 aromatic carbocycles. The molecule has 0 radical (unpaired) electrons. The van der Waals surface area contributed by atoms with E-state index in [0.29, 0.717) is 6.04 Å². The van der Waals surface area contributed by atoms with Gasteiger partial charge < -0.3 is 9.84 Å². The van der Waals surface area contributed by atoms with Crippen LogP contribution in [0.2, 0.25) is 0 Å². The highest BCUT2D eigenvalue weighted by Gasteiger charge is 2.26. The fraction of sp³-hybridized carbons (Fsp3) is 0.619. The molecule has 1 fully saturated rings. The first-order chi connectivity index (χ1) is 13.5. The summed E-state index contributed by atoms with van der Waals surface area (Å²) in [5, 5.41) is 9.27. The maximum Gasteiger partial charge on any atom is 0.252 e. The molecule has 0 saturated carbocycles. The van der Waals surface area contributed by atoms with Crippen molar-refractivity contribution in [1.29, 1.82) is 0 Å². The molecule has 0 spiro atoms. The Hall–Kier alpha value is -1.70. The van der Waals surface area contributed by atoms with Crippen LogP contribution in [0.5, 0.6) is 0 Å². The zero-order valence-corrected chi connectivity index (χ0v) is 17.9. The van der Waals surface area contributed by atoms with Crippen molar-refractivity contribution in [1.82, 2.24) is 20.3 Å². The molecule has 1 saturated heterocycles. The van der Waals surface area contributed by atoms with E-state index in [1.165, 1.54) is 28.8 Å². The van der Waals surface area contributed by atoms with Crippen LogP contribution in [-0.2, 0) is 19.5 Å². The van der Waals surface area contributed by atoms with Gasteiger partial charge in [0, 0.05) is 48.0 Å². The predicted molar refractivity (Wildman–Crippen MR) is 111 cm³/mol. The average Bonchev–Trinajstić information content (AvgIpc) is 3.42. The number of carbonyl (C=O) groups is 1. The molecule has 4 heterocycles. The summed E-state index contributed by atoms with van der Waals surface area (Å²) in [5.74, 6) is 0.990. The standard InChI is InChI=1S/C21H30N4O2S/c1-14(25-7-4-5-8-25)10-22-21(26)19-13-28-20-12-24(9-6-17(19)20)11-18-15(2)23-27-16(18)3/h13-14H,4-12H2,1-3H3,(H,22,26)/t14-/m1/s1. The van der Waals surface area contributed by atoms with E-state index in [-0.39, 0.29) is 5.91 Å². The van der Waals surface area contributed by atoms with Gasteiger partial charge in [0.15, 0.2) is 0 Å². The lowest BCUT2D eigenvalue weighted by molar-refractivity contribution is 0.0939. The number of hydrogen-bond acceptors (Lipinski definition) is 6. The smallest absolute Gasteiger partial charge is 0.252 e. The van der Waals surface area contributed by atoms with Gasteiger partial charge in [0.1, 0.15) is 5.76 Å². The lowest BCUT2D eigenvalue weighted by atomic mass is 10.0. The molecule has 7 heteroatoms. The highest BCUT2D eigenvalue weighted by Crippen LogP contribution is 2.30. The van der Waals surface area contributed by atoms with Crippen LogP contribution in [0.15, 0.2) is 9.90 Å².